The molecule has 0 N–H and O–H groups in total. The molecule has 1 amide bonds. The van der Waals surface area contributed by atoms with Crippen LogP contribution in [-0.2, 0) is 4.74 Å². The predicted molar refractivity (Wildman–Crippen MR) is 126 cm³/mol. The van der Waals surface area contributed by atoms with Crippen molar-refractivity contribution in [1.82, 2.24) is 4.98 Å². The van der Waals surface area contributed by atoms with Crippen molar-refractivity contribution < 1.29 is 23.7 Å². The Morgan fingerprint density at radius 3 is 2.44 bits per heavy atom. The van der Waals surface area contributed by atoms with Crippen LogP contribution in [0.5, 0.6) is 17.2 Å². The number of nitrogens with zero attached hydrogens (tertiary/aromatic N) is 2. The second kappa shape index (κ2) is 9.34. The van der Waals surface area contributed by atoms with E-state index >= 15 is 0 Å². The minimum atomic E-state index is -0.187. The van der Waals surface area contributed by atoms with Crippen LogP contribution in [0.3, 0.4) is 0 Å². The molecule has 0 saturated carbocycles. The Balaban J connectivity index is 1.79. The number of benzene rings is 2. The largest absolute Gasteiger partial charge is 0.493 e. The Morgan fingerprint density at radius 2 is 1.84 bits per heavy atom. The van der Waals surface area contributed by atoms with Gasteiger partial charge < -0.3 is 18.9 Å². The molecule has 0 aliphatic carbocycles. The molecule has 8 heteroatoms. The Labute approximate surface area is 191 Å². The van der Waals surface area contributed by atoms with Gasteiger partial charge in [0.05, 0.1) is 44.2 Å². The molecule has 1 saturated heterocycles. The van der Waals surface area contributed by atoms with Gasteiger partial charge >= 0.3 is 0 Å². The topological polar surface area (TPSA) is 70.1 Å². The van der Waals surface area contributed by atoms with Crippen molar-refractivity contribution in [2.24, 2.45) is 0 Å². The van der Waals surface area contributed by atoms with Crippen LogP contribution in [0.15, 0.2) is 24.3 Å². The third-order valence-electron chi connectivity index (χ3n) is 5.61. The van der Waals surface area contributed by atoms with Gasteiger partial charge in [0.2, 0.25) is 5.75 Å². The Bertz CT molecular complexity index is 1110. The number of rotatable bonds is 7. The van der Waals surface area contributed by atoms with Gasteiger partial charge in [0.25, 0.3) is 5.91 Å². The van der Waals surface area contributed by atoms with E-state index in [-0.39, 0.29) is 12.0 Å². The molecule has 1 atom stereocenters. The van der Waals surface area contributed by atoms with E-state index in [2.05, 4.69) is 26.0 Å². The Kier molecular flexibility index (Phi) is 6.53. The number of fused-ring (bicyclic) bond motifs is 1. The molecular formula is C24H28N2O5S. The summed E-state index contributed by atoms with van der Waals surface area (Å²) in [5, 5.41) is 0.656. The summed E-state index contributed by atoms with van der Waals surface area (Å²) in [5.74, 6) is 1.13. The summed E-state index contributed by atoms with van der Waals surface area (Å²) >= 11 is 1.53. The molecule has 4 rings (SSSR count). The highest BCUT2D eigenvalue weighted by atomic mass is 32.1. The van der Waals surface area contributed by atoms with Gasteiger partial charge in [-0.3, -0.25) is 9.69 Å². The molecule has 170 valence electrons. The molecule has 0 radical (unpaired) electrons. The molecule has 1 aliphatic heterocycles. The van der Waals surface area contributed by atoms with E-state index in [4.69, 9.17) is 23.9 Å². The van der Waals surface area contributed by atoms with Gasteiger partial charge in [-0.1, -0.05) is 17.4 Å². The average molecular weight is 457 g/mol. The average Bonchev–Trinajstić information content (AvgIpc) is 3.45. The van der Waals surface area contributed by atoms with Crippen molar-refractivity contribution in [3.63, 3.8) is 0 Å². The zero-order valence-electron chi connectivity index (χ0n) is 19.1. The number of aromatic nitrogens is 1. The number of amides is 1. The first-order valence-corrected chi connectivity index (χ1v) is 11.4. The number of hydrogen-bond donors (Lipinski definition) is 0. The minimum Gasteiger partial charge on any atom is -0.493 e. The van der Waals surface area contributed by atoms with Crippen LogP contribution in [-0.4, -0.2) is 51.5 Å². The van der Waals surface area contributed by atoms with E-state index in [1.54, 1.807) is 17.0 Å². The van der Waals surface area contributed by atoms with Gasteiger partial charge in [0.1, 0.15) is 0 Å². The number of carbonyl (C=O) groups is 1. The lowest BCUT2D eigenvalue weighted by Gasteiger charge is -2.24. The fourth-order valence-electron chi connectivity index (χ4n) is 4.08. The van der Waals surface area contributed by atoms with Gasteiger partial charge in [-0.25, -0.2) is 4.98 Å². The summed E-state index contributed by atoms with van der Waals surface area (Å²) in [6, 6.07) is 7.54. The maximum atomic E-state index is 13.8. The summed E-state index contributed by atoms with van der Waals surface area (Å²) in [4.78, 5) is 20.3. The maximum Gasteiger partial charge on any atom is 0.260 e. The van der Waals surface area contributed by atoms with Crippen LogP contribution >= 0.6 is 11.3 Å². The normalized spacial score (nSPS) is 15.7. The van der Waals surface area contributed by atoms with Gasteiger partial charge in [-0.05, 0) is 56.0 Å². The summed E-state index contributed by atoms with van der Waals surface area (Å²) in [6.07, 6.45) is 1.90. The predicted octanol–water partition coefficient (Wildman–Crippen LogP) is 4.76. The molecule has 1 unspecified atom stereocenters. The standard InChI is InChI=1S/C24H28N2O5S/c1-14-9-15(2)22-18(10-14)25-24(32-22)26(13-17-7-6-8-31-17)23(27)16-11-19(28-3)21(30-5)20(12-16)29-4/h9-12,17H,6-8,13H2,1-5H3. The molecule has 7 nitrogen and oxygen atoms in total. The van der Waals surface area contributed by atoms with Crippen LogP contribution < -0.4 is 19.1 Å². The number of hydrogen-bond acceptors (Lipinski definition) is 7. The highest BCUT2D eigenvalue weighted by Crippen LogP contribution is 2.39. The molecule has 1 aromatic heterocycles. The Hall–Kier alpha value is -2.84. The molecule has 2 aromatic carbocycles. The molecule has 2 heterocycles. The lowest BCUT2D eigenvalue weighted by molar-refractivity contribution is 0.0917. The van der Waals surface area contributed by atoms with Gasteiger partial charge in [0.15, 0.2) is 16.6 Å². The summed E-state index contributed by atoms with van der Waals surface area (Å²) in [7, 11) is 4.61. The van der Waals surface area contributed by atoms with E-state index in [0.29, 0.717) is 34.5 Å². The lowest BCUT2D eigenvalue weighted by Crippen LogP contribution is -2.37. The fourth-order valence-corrected chi connectivity index (χ4v) is 5.10. The molecule has 0 bridgehead atoms. The second-order valence-electron chi connectivity index (χ2n) is 7.89. The number of aryl methyl sites for hydroxylation is 2. The molecule has 1 fully saturated rings. The van der Waals surface area contributed by atoms with Crippen molar-refractivity contribution in [2.75, 3.05) is 39.4 Å². The highest BCUT2D eigenvalue weighted by molar-refractivity contribution is 7.22. The monoisotopic (exact) mass is 456 g/mol. The summed E-state index contributed by atoms with van der Waals surface area (Å²) < 4.78 is 23.2. The van der Waals surface area contributed by atoms with E-state index in [1.807, 2.05) is 0 Å². The smallest absolute Gasteiger partial charge is 0.260 e. The zero-order chi connectivity index (χ0) is 22.8. The quantitative estimate of drug-likeness (QED) is 0.510. The first-order chi connectivity index (χ1) is 15.4. The maximum absolute atomic E-state index is 13.8. The summed E-state index contributed by atoms with van der Waals surface area (Å²) in [5.41, 5.74) is 3.64. The number of methoxy groups -OCH3 is 3. The second-order valence-corrected chi connectivity index (χ2v) is 8.87. The summed E-state index contributed by atoms with van der Waals surface area (Å²) in [6.45, 7) is 5.28. The van der Waals surface area contributed by atoms with Crippen molar-refractivity contribution in [3.8, 4) is 17.2 Å². The number of carbonyl (C=O) groups excluding carboxylic acids is 1. The van der Waals surface area contributed by atoms with Gasteiger partial charge in [-0.2, -0.15) is 0 Å². The third-order valence-corrected chi connectivity index (χ3v) is 6.84. The first-order valence-electron chi connectivity index (χ1n) is 10.6. The molecule has 1 aliphatic rings. The highest BCUT2D eigenvalue weighted by Gasteiger charge is 2.29. The van der Waals surface area contributed by atoms with Crippen molar-refractivity contribution in [1.29, 1.82) is 0 Å². The molecule has 3 aromatic rings. The van der Waals surface area contributed by atoms with Gasteiger partial charge in [-0.15, -0.1) is 0 Å². The SMILES string of the molecule is COc1cc(C(=O)N(CC2CCCO2)c2nc3cc(C)cc(C)c3s2)cc(OC)c1OC. The van der Waals surface area contributed by atoms with Crippen LogP contribution in [0.25, 0.3) is 10.2 Å². The molecule has 0 spiro atoms. The van der Waals surface area contributed by atoms with Crippen LogP contribution in [0.4, 0.5) is 5.13 Å². The van der Waals surface area contributed by atoms with Gasteiger partial charge in [0, 0.05) is 12.2 Å². The minimum absolute atomic E-state index is 0.0177. The third kappa shape index (κ3) is 4.25. The number of thiazole rings is 1. The first kappa shape index (κ1) is 22.4. The van der Waals surface area contributed by atoms with E-state index in [0.717, 1.165) is 40.8 Å². The van der Waals surface area contributed by atoms with Crippen molar-refractivity contribution in [2.45, 2.75) is 32.8 Å². The van der Waals surface area contributed by atoms with Crippen molar-refractivity contribution >= 4 is 32.6 Å². The number of anilines is 1. The zero-order valence-corrected chi connectivity index (χ0v) is 19.9. The van der Waals surface area contributed by atoms with Crippen LogP contribution in [0.2, 0.25) is 0 Å². The van der Waals surface area contributed by atoms with E-state index in [1.165, 1.54) is 32.7 Å². The van der Waals surface area contributed by atoms with Crippen molar-refractivity contribution in [3.05, 3.63) is 41.0 Å². The molecule has 32 heavy (non-hydrogen) atoms. The Morgan fingerprint density at radius 1 is 1.12 bits per heavy atom. The molecular weight excluding hydrogens is 428 g/mol. The number of ether oxygens (including phenoxy) is 4. The van der Waals surface area contributed by atoms with Crippen LogP contribution in [0.1, 0.15) is 34.3 Å². The fraction of sp³-hybridized carbons (Fsp3) is 0.417. The lowest BCUT2D eigenvalue weighted by atomic mass is 10.1. The van der Waals surface area contributed by atoms with E-state index < -0.39 is 0 Å². The van der Waals surface area contributed by atoms with Crippen LogP contribution in [0, 0.1) is 13.8 Å². The van der Waals surface area contributed by atoms with E-state index in [9.17, 15) is 4.79 Å².